The molecule has 0 aliphatic carbocycles. The predicted molar refractivity (Wildman–Crippen MR) is 131 cm³/mol. The highest BCUT2D eigenvalue weighted by molar-refractivity contribution is 5.92. The molecule has 0 saturated carbocycles. The summed E-state index contributed by atoms with van der Waals surface area (Å²) in [5, 5.41) is 18.3. The van der Waals surface area contributed by atoms with E-state index in [9.17, 15) is 18.3 Å². The van der Waals surface area contributed by atoms with Crippen LogP contribution in [0.1, 0.15) is 32.7 Å². The van der Waals surface area contributed by atoms with Gasteiger partial charge in [0.05, 0.1) is 35.1 Å². The van der Waals surface area contributed by atoms with Gasteiger partial charge < -0.3 is 25.0 Å². The summed E-state index contributed by atoms with van der Waals surface area (Å²) in [7, 11) is 0. The number of ether oxygens (including phenoxy) is 1. The molecule has 1 spiro atoms. The van der Waals surface area contributed by atoms with Crippen molar-refractivity contribution in [1.29, 1.82) is 0 Å². The Balaban J connectivity index is 1.28. The van der Waals surface area contributed by atoms with Crippen LogP contribution in [0.3, 0.4) is 0 Å². The van der Waals surface area contributed by atoms with E-state index in [1.807, 2.05) is 16.7 Å². The zero-order valence-electron chi connectivity index (χ0n) is 20.7. The van der Waals surface area contributed by atoms with E-state index in [0.717, 1.165) is 11.6 Å². The average molecular weight is 519 g/mol. The fourth-order valence-corrected chi connectivity index (χ4v) is 5.13. The Kier molecular flexibility index (Phi) is 5.50. The van der Waals surface area contributed by atoms with Gasteiger partial charge in [-0.3, -0.25) is 4.68 Å². The maximum Gasteiger partial charge on any atom is 0.410 e. The van der Waals surface area contributed by atoms with Crippen LogP contribution in [0.4, 0.5) is 36.6 Å². The molecular weight excluding hydrogens is 489 g/mol. The summed E-state index contributed by atoms with van der Waals surface area (Å²) in [6.07, 6.45) is -0.0431. The average Bonchev–Trinajstić information content (AvgIpc) is 3.14. The highest BCUT2D eigenvalue weighted by atomic mass is 19.4. The van der Waals surface area contributed by atoms with E-state index < -0.39 is 17.8 Å². The fraction of sp³-hybridized carbons (Fsp3) is 0.583. The normalized spacial score (nSPS) is 21.6. The second-order valence-electron chi connectivity index (χ2n) is 10.8. The van der Waals surface area contributed by atoms with Crippen molar-refractivity contribution in [3.8, 4) is 0 Å². The number of nitrogens with zero attached hydrogens (tertiary/aromatic N) is 7. The van der Waals surface area contributed by atoms with Crippen LogP contribution < -0.4 is 15.1 Å². The van der Waals surface area contributed by atoms with Gasteiger partial charge in [-0.05, 0) is 32.8 Å². The molecule has 13 heteroatoms. The number of piperidine rings is 1. The number of halogens is 3. The van der Waals surface area contributed by atoms with Crippen LogP contribution in [-0.4, -0.2) is 81.0 Å². The van der Waals surface area contributed by atoms with E-state index in [2.05, 4.69) is 25.4 Å². The Hall–Kier alpha value is -3.19. The summed E-state index contributed by atoms with van der Waals surface area (Å²) in [4.78, 5) is 17.4. The Labute approximate surface area is 211 Å². The predicted octanol–water partition coefficient (Wildman–Crippen LogP) is 3.28. The van der Waals surface area contributed by atoms with Crippen LogP contribution in [-0.2, 0) is 4.74 Å². The summed E-state index contributed by atoms with van der Waals surface area (Å²) in [6.45, 7) is 6.93. The number of hydrogen-bond donors (Lipinski definition) is 2. The van der Waals surface area contributed by atoms with Gasteiger partial charge in [0.15, 0.2) is 5.82 Å². The third-order valence-corrected chi connectivity index (χ3v) is 7.60. The SMILES string of the molecule is CC(n1nc(N2CC3(COC3)C2)c2cnc(Nc3ccnc(N4CCC(C)(O)CC4)n3)cc21)C(F)(F)F. The highest BCUT2D eigenvalue weighted by Gasteiger charge is 2.50. The van der Waals surface area contributed by atoms with E-state index in [1.165, 1.54) is 0 Å². The fourth-order valence-electron chi connectivity index (χ4n) is 5.13. The number of hydrogen-bond acceptors (Lipinski definition) is 9. The maximum absolute atomic E-state index is 13.7. The first-order valence-electron chi connectivity index (χ1n) is 12.4. The molecule has 6 rings (SSSR count). The van der Waals surface area contributed by atoms with Gasteiger partial charge in [0.25, 0.3) is 0 Å². The Morgan fingerprint density at radius 2 is 1.84 bits per heavy atom. The van der Waals surface area contributed by atoms with E-state index in [1.54, 1.807) is 24.5 Å². The van der Waals surface area contributed by atoms with Crippen LogP contribution in [0.15, 0.2) is 24.5 Å². The monoisotopic (exact) mass is 518 g/mol. The van der Waals surface area contributed by atoms with Crippen molar-refractivity contribution in [2.75, 3.05) is 54.5 Å². The van der Waals surface area contributed by atoms with E-state index in [-0.39, 0.29) is 5.41 Å². The van der Waals surface area contributed by atoms with Crippen molar-refractivity contribution >= 4 is 34.3 Å². The molecule has 0 radical (unpaired) electrons. The van der Waals surface area contributed by atoms with Gasteiger partial charge in [-0.15, -0.1) is 0 Å². The summed E-state index contributed by atoms with van der Waals surface area (Å²) in [5.74, 6) is 1.85. The molecule has 3 aliphatic rings. The zero-order valence-corrected chi connectivity index (χ0v) is 20.7. The minimum Gasteiger partial charge on any atom is -0.390 e. The van der Waals surface area contributed by atoms with Crippen LogP contribution in [0.2, 0.25) is 0 Å². The first-order chi connectivity index (χ1) is 17.5. The topological polar surface area (TPSA) is 104 Å². The van der Waals surface area contributed by atoms with Gasteiger partial charge in [0.1, 0.15) is 17.7 Å². The minimum absolute atomic E-state index is 0.0928. The quantitative estimate of drug-likeness (QED) is 0.527. The van der Waals surface area contributed by atoms with Crippen molar-refractivity contribution in [2.24, 2.45) is 5.41 Å². The van der Waals surface area contributed by atoms with Crippen LogP contribution >= 0.6 is 0 Å². The van der Waals surface area contributed by atoms with Crippen molar-refractivity contribution in [1.82, 2.24) is 24.7 Å². The van der Waals surface area contributed by atoms with Gasteiger partial charge >= 0.3 is 6.18 Å². The first kappa shape index (κ1) is 24.2. The maximum atomic E-state index is 13.7. The molecule has 198 valence electrons. The summed E-state index contributed by atoms with van der Waals surface area (Å²) in [5.41, 5.74) is -0.255. The molecular formula is C24H29F3N8O2. The molecule has 3 aliphatic heterocycles. The third-order valence-electron chi connectivity index (χ3n) is 7.60. The molecule has 3 aromatic heterocycles. The van der Waals surface area contributed by atoms with Crippen molar-refractivity contribution < 1.29 is 23.0 Å². The number of anilines is 4. The lowest BCUT2D eigenvalue weighted by Crippen LogP contribution is -2.66. The number of nitrogens with one attached hydrogen (secondary N) is 1. The van der Waals surface area contributed by atoms with Crippen LogP contribution in [0.5, 0.6) is 0 Å². The Morgan fingerprint density at radius 1 is 1.11 bits per heavy atom. The number of rotatable bonds is 5. The van der Waals surface area contributed by atoms with Crippen LogP contribution in [0, 0.1) is 5.41 Å². The summed E-state index contributed by atoms with van der Waals surface area (Å²) < 4.78 is 47.5. The smallest absolute Gasteiger partial charge is 0.390 e. The summed E-state index contributed by atoms with van der Waals surface area (Å²) >= 11 is 0. The number of pyridine rings is 1. The minimum atomic E-state index is -4.45. The lowest BCUT2D eigenvalue weighted by molar-refractivity contribution is -0.164. The van der Waals surface area contributed by atoms with E-state index in [4.69, 9.17) is 4.74 Å². The summed E-state index contributed by atoms with van der Waals surface area (Å²) in [6, 6.07) is 1.45. The van der Waals surface area contributed by atoms with Crippen molar-refractivity contribution in [3.63, 3.8) is 0 Å². The molecule has 0 amide bonds. The van der Waals surface area contributed by atoms with Gasteiger partial charge in [0, 0.05) is 44.6 Å². The van der Waals surface area contributed by atoms with E-state index in [0.29, 0.717) is 86.5 Å². The molecule has 3 fully saturated rings. The molecule has 0 aromatic carbocycles. The van der Waals surface area contributed by atoms with Gasteiger partial charge in [0.2, 0.25) is 5.95 Å². The first-order valence-corrected chi connectivity index (χ1v) is 12.4. The number of fused-ring (bicyclic) bond motifs is 1. The Morgan fingerprint density at radius 3 is 2.49 bits per heavy atom. The molecule has 10 nitrogen and oxygen atoms in total. The molecule has 3 saturated heterocycles. The molecule has 1 atom stereocenters. The molecule has 0 bridgehead atoms. The standard InChI is InChI=1S/C24H29F3N8O2/c1-15(24(25,26)27)35-17-9-19(29-10-16(17)20(32-35)34-11-23(12-34)13-37-14-23)30-18-3-6-28-21(31-18)33-7-4-22(2,36)5-8-33/h3,6,9-10,15,36H,4-5,7-8,11-14H2,1-2H3,(H,28,29,30,31). The second kappa shape index (κ2) is 8.42. The zero-order chi connectivity index (χ0) is 26.0. The number of alkyl halides is 3. The van der Waals surface area contributed by atoms with Gasteiger partial charge in [-0.2, -0.15) is 23.3 Å². The molecule has 1 unspecified atom stereocenters. The van der Waals surface area contributed by atoms with Gasteiger partial charge in [-0.1, -0.05) is 0 Å². The molecule has 6 heterocycles. The third kappa shape index (κ3) is 4.43. The van der Waals surface area contributed by atoms with E-state index >= 15 is 0 Å². The lowest BCUT2D eigenvalue weighted by atomic mass is 9.78. The van der Waals surface area contributed by atoms with Crippen molar-refractivity contribution in [3.05, 3.63) is 24.5 Å². The van der Waals surface area contributed by atoms with Crippen LogP contribution in [0.25, 0.3) is 10.9 Å². The Bertz CT molecular complexity index is 1310. The number of aliphatic hydroxyl groups is 1. The largest absolute Gasteiger partial charge is 0.410 e. The molecule has 37 heavy (non-hydrogen) atoms. The molecule has 3 aromatic rings. The number of aromatic nitrogens is 5. The van der Waals surface area contributed by atoms with Gasteiger partial charge in [-0.25, -0.2) is 9.97 Å². The van der Waals surface area contributed by atoms with Crippen molar-refractivity contribution in [2.45, 2.75) is 44.5 Å². The second-order valence-corrected chi connectivity index (χ2v) is 10.8. The lowest BCUT2D eigenvalue weighted by Gasteiger charge is -2.55. The highest BCUT2D eigenvalue weighted by Crippen LogP contribution is 2.43. The molecule has 2 N–H and O–H groups in total.